The standard InChI is InChI=1S/C30H28ClN3O7S/c1-13-24(37)22(15(3)35)26-23(25(13)38)30(4)20(40-26)12-19(36)21(27(30)39)14(2)32-18(10-11-42-5)29-33-28(34-41-29)16-8-6-7-9-17(16)31/h6-9,12,18,32,37-38H,10-11H2,1-5H3/b21-14+/t18-,30+/m1/s1. The van der Waals surface area contributed by atoms with Gasteiger partial charge >= 0.3 is 0 Å². The zero-order chi connectivity index (χ0) is 30.5. The molecule has 3 aromatic rings. The minimum Gasteiger partial charge on any atom is -0.507 e. The van der Waals surface area contributed by atoms with E-state index < -0.39 is 34.6 Å². The molecule has 2 atom stereocenters. The van der Waals surface area contributed by atoms with Crippen LogP contribution in [0.4, 0.5) is 0 Å². The van der Waals surface area contributed by atoms with Crippen LogP contribution in [0.15, 0.2) is 51.9 Å². The summed E-state index contributed by atoms with van der Waals surface area (Å²) in [5, 5.41) is 29.4. The van der Waals surface area contributed by atoms with Gasteiger partial charge in [-0.25, -0.2) is 0 Å². The van der Waals surface area contributed by atoms with Crippen LogP contribution in [-0.4, -0.2) is 49.7 Å². The Morgan fingerprint density at radius 1 is 1.19 bits per heavy atom. The van der Waals surface area contributed by atoms with Crippen LogP contribution >= 0.6 is 23.4 Å². The summed E-state index contributed by atoms with van der Waals surface area (Å²) in [6.07, 6.45) is 3.66. The second kappa shape index (κ2) is 11.0. The zero-order valence-corrected chi connectivity index (χ0v) is 25.1. The summed E-state index contributed by atoms with van der Waals surface area (Å²) in [6, 6.07) is 6.55. The maximum atomic E-state index is 14.2. The second-order valence-electron chi connectivity index (χ2n) is 10.3. The molecule has 3 N–H and O–H groups in total. The second-order valence-corrected chi connectivity index (χ2v) is 11.7. The van der Waals surface area contributed by atoms with Crippen molar-refractivity contribution < 1.29 is 33.9 Å². The van der Waals surface area contributed by atoms with Crippen LogP contribution in [0, 0.1) is 6.92 Å². The zero-order valence-electron chi connectivity index (χ0n) is 23.5. The Balaban J connectivity index is 1.56. The van der Waals surface area contributed by atoms with Gasteiger partial charge in [-0.3, -0.25) is 14.4 Å². The number of nitrogens with one attached hydrogen (secondary N) is 1. The van der Waals surface area contributed by atoms with Gasteiger partial charge in [-0.05, 0) is 58.3 Å². The van der Waals surface area contributed by atoms with Crippen molar-refractivity contribution in [2.24, 2.45) is 0 Å². The van der Waals surface area contributed by atoms with Crippen LogP contribution in [-0.2, 0) is 15.0 Å². The number of halogens is 1. The van der Waals surface area contributed by atoms with Crippen LogP contribution in [0.2, 0.25) is 5.02 Å². The Labute approximate surface area is 250 Å². The van der Waals surface area contributed by atoms with Gasteiger partial charge in [-0.15, -0.1) is 0 Å². The number of nitrogens with zero attached hydrogens (tertiary/aromatic N) is 2. The van der Waals surface area contributed by atoms with Crippen LogP contribution in [0.1, 0.15) is 60.6 Å². The van der Waals surface area contributed by atoms with Crippen molar-refractivity contribution in [3.05, 3.63) is 75.0 Å². The Kier molecular flexibility index (Phi) is 7.67. The number of phenolic OH excluding ortho intramolecular Hbond substituents is 2. The number of Topliss-reactive ketones (excluding diaryl/α,β-unsaturated/α-hetero) is 2. The van der Waals surface area contributed by atoms with E-state index in [4.69, 9.17) is 20.9 Å². The summed E-state index contributed by atoms with van der Waals surface area (Å²) in [4.78, 5) is 44.5. The molecule has 0 bridgehead atoms. The summed E-state index contributed by atoms with van der Waals surface area (Å²) in [6.45, 7) is 5.79. The van der Waals surface area contributed by atoms with Gasteiger partial charge in [0.2, 0.25) is 11.7 Å². The summed E-state index contributed by atoms with van der Waals surface area (Å²) in [5.41, 5.74) is -1.02. The molecule has 0 fully saturated rings. The molecule has 0 unspecified atom stereocenters. The molecular formula is C30H28ClN3O7S. The van der Waals surface area contributed by atoms with E-state index in [1.807, 2.05) is 12.3 Å². The normalized spacial score (nSPS) is 19.5. The van der Waals surface area contributed by atoms with E-state index in [-0.39, 0.29) is 51.1 Å². The molecule has 1 aliphatic heterocycles. The van der Waals surface area contributed by atoms with Crippen LogP contribution in [0.25, 0.3) is 11.4 Å². The number of fused-ring (bicyclic) bond motifs is 3. The Bertz CT molecular complexity index is 1730. The first-order chi connectivity index (χ1) is 19.9. The fourth-order valence-corrected chi connectivity index (χ4v) is 6.01. The minimum atomic E-state index is -1.62. The van der Waals surface area contributed by atoms with E-state index >= 15 is 0 Å². The van der Waals surface area contributed by atoms with Gasteiger partial charge in [0, 0.05) is 22.9 Å². The van der Waals surface area contributed by atoms with Gasteiger partial charge in [0.25, 0.3) is 0 Å². The first-order valence-corrected chi connectivity index (χ1v) is 14.8. The number of carbonyl (C=O) groups is 3. The SMILES string of the molecule is CSCC[C@@H](N/C(C)=C1\C(=O)C=C2Oc3c(C(C)=O)c(O)c(C)c(O)c3[C@@]2(C)C1=O)c1nc(-c2ccccc2Cl)no1. The molecule has 2 heterocycles. The van der Waals surface area contributed by atoms with E-state index in [0.29, 0.717) is 28.6 Å². The number of rotatable bonds is 8. The predicted molar refractivity (Wildman–Crippen MR) is 157 cm³/mol. The summed E-state index contributed by atoms with van der Waals surface area (Å²) in [7, 11) is 0. The van der Waals surface area contributed by atoms with E-state index in [9.17, 15) is 24.6 Å². The monoisotopic (exact) mass is 609 g/mol. The molecule has 0 spiro atoms. The highest BCUT2D eigenvalue weighted by atomic mass is 35.5. The summed E-state index contributed by atoms with van der Waals surface area (Å²) >= 11 is 7.91. The van der Waals surface area contributed by atoms with E-state index in [1.165, 1.54) is 26.8 Å². The number of ketones is 3. The van der Waals surface area contributed by atoms with Crippen LogP contribution < -0.4 is 10.1 Å². The highest BCUT2D eigenvalue weighted by Gasteiger charge is 2.56. The lowest BCUT2D eigenvalue weighted by Gasteiger charge is -2.29. The maximum absolute atomic E-state index is 14.2. The Morgan fingerprint density at radius 2 is 1.90 bits per heavy atom. The average Bonchev–Trinajstić information content (AvgIpc) is 3.53. The van der Waals surface area contributed by atoms with E-state index in [2.05, 4.69) is 15.5 Å². The lowest BCUT2D eigenvalue weighted by Crippen LogP contribution is -2.41. The number of hydrogen-bond donors (Lipinski definition) is 3. The van der Waals surface area contributed by atoms with Crippen molar-refractivity contribution >= 4 is 40.7 Å². The number of ether oxygens (including phenoxy) is 1. The molecule has 1 aromatic heterocycles. The van der Waals surface area contributed by atoms with Crippen molar-refractivity contribution in [3.63, 3.8) is 0 Å². The Hall–Kier alpha value is -4.09. The molecule has 12 heteroatoms. The topological polar surface area (TPSA) is 152 Å². The fraction of sp³-hybridized carbons (Fsp3) is 0.300. The quantitative estimate of drug-likeness (QED) is 0.172. The number of thioether (sulfide) groups is 1. The molecule has 0 radical (unpaired) electrons. The number of phenols is 2. The third kappa shape index (κ3) is 4.57. The Morgan fingerprint density at radius 3 is 2.57 bits per heavy atom. The summed E-state index contributed by atoms with van der Waals surface area (Å²) < 4.78 is 11.4. The molecule has 0 saturated carbocycles. The van der Waals surface area contributed by atoms with Gasteiger partial charge in [0.05, 0.1) is 16.2 Å². The van der Waals surface area contributed by atoms with Gasteiger partial charge in [0.1, 0.15) is 40.0 Å². The first-order valence-electron chi connectivity index (χ1n) is 13.1. The predicted octanol–water partition coefficient (Wildman–Crippen LogP) is 5.36. The fourth-order valence-electron chi connectivity index (χ4n) is 5.32. The number of carbonyl (C=O) groups excluding carboxylic acids is 3. The first kappa shape index (κ1) is 29.4. The summed E-state index contributed by atoms with van der Waals surface area (Å²) in [5.74, 6) is -1.50. The largest absolute Gasteiger partial charge is 0.507 e. The lowest BCUT2D eigenvalue weighted by molar-refractivity contribution is -0.123. The number of aromatic hydroxyl groups is 2. The third-order valence-corrected chi connectivity index (χ3v) is 8.59. The highest BCUT2D eigenvalue weighted by molar-refractivity contribution is 7.98. The van der Waals surface area contributed by atoms with Gasteiger partial charge < -0.3 is 24.8 Å². The van der Waals surface area contributed by atoms with E-state index in [1.54, 1.807) is 36.9 Å². The molecule has 2 aromatic carbocycles. The number of hydrogen-bond acceptors (Lipinski definition) is 11. The lowest BCUT2D eigenvalue weighted by atomic mass is 9.70. The van der Waals surface area contributed by atoms with Crippen molar-refractivity contribution in [2.75, 3.05) is 12.0 Å². The van der Waals surface area contributed by atoms with Crippen LogP contribution in [0.5, 0.6) is 17.2 Å². The van der Waals surface area contributed by atoms with Gasteiger partial charge in [-0.1, -0.05) is 28.9 Å². The average molecular weight is 610 g/mol. The maximum Gasteiger partial charge on any atom is 0.249 e. The molecule has 0 saturated heterocycles. The van der Waals surface area contributed by atoms with Gasteiger partial charge in [0.15, 0.2) is 17.3 Å². The van der Waals surface area contributed by atoms with E-state index in [0.717, 1.165) is 0 Å². The number of benzene rings is 2. The van der Waals surface area contributed by atoms with Gasteiger partial charge in [-0.2, -0.15) is 16.7 Å². The van der Waals surface area contributed by atoms with Crippen LogP contribution in [0.3, 0.4) is 0 Å². The molecule has 2 aliphatic rings. The molecular weight excluding hydrogens is 582 g/mol. The number of aromatic nitrogens is 2. The molecule has 42 heavy (non-hydrogen) atoms. The minimum absolute atomic E-state index is 0.0252. The molecule has 218 valence electrons. The molecule has 1 aliphatic carbocycles. The smallest absolute Gasteiger partial charge is 0.249 e. The molecule has 10 nitrogen and oxygen atoms in total. The van der Waals surface area contributed by atoms with Crippen molar-refractivity contribution in [2.45, 2.75) is 45.6 Å². The third-order valence-electron chi connectivity index (χ3n) is 7.62. The molecule has 5 rings (SSSR count). The van der Waals surface area contributed by atoms with Crippen molar-refractivity contribution in [1.29, 1.82) is 0 Å². The van der Waals surface area contributed by atoms with Crippen molar-refractivity contribution in [3.8, 4) is 28.6 Å². The molecule has 0 amide bonds. The van der Waals surface area contributed by atoms with Crippen molar-refractivity contribution in [1.82, 2.24) is 15.5 Å². The number of allylic oxidation sites excluding steroid dienone is 4. The highest BCUT2D eigenvalue weighted by Crippen LogP contribution is 2.57.